The average Bonchev–Trinajstić information content (AvgIpc) is 2.96. The van der Waals surface area contributed by atoms with Crippen molar-refractivity contribution < 1.29 is 14.3 Å². The lowest BCUT2D eigenvalue weighted by atomic mass is 10.2. The van der Waals surface area contributed by atoms with Crippen LogP contribution in [0.4, 0.5) is 0 Å². The second-order valence-corrected chi connectivity index (χ2v) is 6.27. The van der Waals surface area contributed by atoms with Gasteiger partial charge in [0.1, 0.15) is 5.75 Å². The molecule has 0 atom stereocenters. The molecule has 0 bridgehead atoms. The highest BCUT2D eigenvalue weighted by atomic mass is 32.1. The number of hydrogen-bond acceptors (Lipinski definition) is 5. The lowest BCUT2D eigenvalue weighted by Crippen LogP contribution is -2.24. The summed E-state index contributed by atoms with van der Waals surface area (Å²) >= 11 is 1.57. The van der Waals surface area contributed by atoms with E-state index >= 15 is 0 Å². The van der Waals surface area contributed by atoms with Crippen LogP contribution in [0.5, 0.6) is 5.75 Å². The van der Waals surface area contributed by atoms with E-state index < -0.39 is 5.91 Å². The van der Waals surface area contributed by atoms with Crippen LogP contribution in [0.25, 0.3) is 6.08 Å². The zero-order chi connectivity index (χ0) is 17.5. The van der Waals surface area contributed by atoms with Crippen LogP contribution in [-0.4, -0.2) is 35.4 Å². The van der Waals surface area contributed by atoms with Crippen molar-refractivity contribution in [2.45, 2.75) is 13.5 Å². The SMILES string of the molecule is Cc1nc(CN(C)C(=O)/C=C/c2ccc(OCC(N)=O)cc2)cs1. The number of amides is 2. The smallest absolute Gasteiger partial charge is 0.255 e. The number of primary amides is 1. The summed E-state index contributed by atoms with van der Waals surface area (Å²) < 4.78 is 5.17. The molecule has 24 heavy (non-hydrogen) atoms. The van der Waals surface area contributed by atoms with Gasteiger partial charge in [0.15, 0.2) is 6.61 Å². The fourth-order valence-corrected chi connectivity index (χ4v) is 2.53. The first kappa shape index (κ1) is 17.7. The number of ether oxygens (including phenoxy) is 1. The predicted molar refractivity (Wildman–Crippen MR) is 93.5 cm³/mol. The van der Waals surface area contributed by atoms with E-state index in [2.05, 4.69) is 4.98 Å². The van der Waals surface area contributed by atoms with Crippen LogP contribution in [0, 0.1) is 6.92 Å². The molecule has 2 N–H and O–H groups in total. The second-order valence-electron chi connectivity index (χ2n) is 5.21. The van der Waals surface area contributed by atoms with Gasteiger partial charge in [-0.15, -0.1) is 11.3 Å². The number of benzene rings is 1. The maximum Gasteiger partial charge on any atom is 0.255 e. The molecule has 1 heterocycles. The van der Waals surface area contributed by atoms with Gasteiger partial charge in [-0.05, 0) is 30.7 Å². The maximum absolute atomic E-state index is 12.1. The summed E-state index contributed by atoms with van der Waals surface area (Å²) in [5.74, 6) is -0.0779. The molecule has 0 aliphatic carbocycles. The van der Waals surface area contributed by atoms with Gasteiger partial charge in [-0.25, -0.2) is 4.98 Å². The standard InChI is InChI=1S/C17H19N3O3S/c1-12-19-14(11-24-12)9-20(2)17(22)8-5-13-3-6-15(7-4-13)23-10-16(18)21/h3-8,11H,9-10H2,1-2H3,(H2,18,21)/b8-5+. The Morgan fingerprint density at radius 3 is 2.62 bits per heavy atom. The van der Waals surface area contributed by atoms with Crippen molar-refractivity contribution in [3.8, 4) is 5.75 Å². The van der Waals surface area contributed by atoms with E-state index in [1.807, 2.05) is 12.3 Å². The highest BCUT2D eigenvalue weighted by Crippen LogP contribution is 2.14. The number of nitrogens with two attached hydrogens (primary N) is 1. The minimum Gasteiger partial charge on any atom is -0.484 e. The zero-order valence-corrected chi connectivity index (χ0v) is 14.4. The number of thiazole rings is 1. The summed E-state index contributed by atoms with van der Waals surface area (Å²) in [5, 5.41) is 2.94. The Labute approximate surface area is 144 Å². The number of nitrogens with zero attached hydrogens (tertiary/aromatic N) is 2. The predicted octanol–water partition coefficient (Wildman–Crippen LogP) is 1.99. The Morgan fingerprint density at radius 1 is 1.33 bits per heavy atom. The van der Waals surface area contributed by atoms with E-state index in [9.17, 15) is 9.59 Å². The van der Waals surface area contributed by atoms with Gasteiger partial charge in [0.05, 0.1) is 17.2 Å². The molecule has 0 fully saturated rings. The number of likely N-dealkylation sites (N-methyl/N-ethyl adjacent to an activating group) is 1. The minimum absolute atomic E-state index is 0.102. The van der Waals surface area contributed by atoms with Gasteiger partial charge in [-0.3, -0.25) is 9.59 Å². The first-order valence-electron chi connectivity index (χ1n) is 7.29. The summed E-state index contributed by atoms with van der Waals surface area (Å²) in [6, 6.07) is 7.03. The monoisotopic (exact) mass is 345 g/mol. The number of rotatable bonds is 7. The molecule has 2 rings (SSSR count). The topological polar surface area (TPSA) is 85.5 Å². The molecule has 1 aromatic carbocycles. The molecule has 0 saturated carbocycles. The third-order valence-corrected chi connectivity index (χ3v) is 3.94. The van der Waals surface area contributed by atoms with Crippen LogP contribution in [0.3, 0.4) is 0 Å². The van der Waals surface area contributed by atoms with Crippen molar-refractivity contribution in [2.24, 2.45) is 5.73 Å². The Hall–Kier alpha value is -2.67. The maximum atomic E-state index is 12.1. The Morgan fingerprint density at radius 2 is 2.04 bits per heavy atom. The average molecular weight is 345 g/mol. The summed E-state index contributed by atoms with van der Waals surface area (Å²) in [5.41, 5.74) is 6.76. The molecular weight excluding hydrogens is 326 g/mol. The first-order valence-corrected chi connectivity index (χ1v) is 8.17. The number of aromatic nitrogens is 1. The molecule has 0 aliphatic rings. The highest BCUT2D eigenvalue weighted by Gasteiger charge is 2.08. The van der Waals surface area contributed by atoms with E-state index in [1.165, 1.54) is 6.08 Å². The molecule has 0 saturated heterocycles. The van der Waals surface area contributed by atoms with Gasteiger partial charge in [0, 0.05) is 18.5 Å². The Bertz CT molecular complexity index is 738. The highest BCUT2D eigenvalue weighted by molar-refractivity contribution is 7.09. The van der Waals surface area contributed by atoms with E-state index in [0.29, 0.717) is 12.3 Å². The number of aryl methyl sites for hydroxylation is 1. The molecule has 0 spiro atoms. The molecule has 0 unspecified atom stereocenters. The number of carbonyl (C=O) groups excluding carboxylic acids is 2. The van der Waals surface area contributed by atoms with Crippen molar-refractivity contribution in [1.29, 1.82) is 0 Å². The van der Waals surface area contributed by atoms with Crippen molar-refractivity contribution in [2.75, 3.05) is 13.7 Å². The van der Waals surface area contributed by atoms with Gasteiger partial charge in [0.2, 0.25) is 5.91 Å². The first-order chi connectivity index (χ1) is 11.4. The normalized spacial score (nSPS) is 10.8. The van der Waals surface area contributed by atoms with E-state index in [4.69, 9.17) is 10.5 Å². The van der Waals surface area contributed by atoms with Crippen molar-refractivity contribution >= 4 is 29.2 Å². The van der Waals surface area contributed by atoms with Crippen LogP contribution >= 0.6 is 11.3 Å². The quantitative estimate of drug-likeness (QED) is 0.778. The third-order valence-electron chi connectivity index (χ3n) is 3.12. The van der Waals surface area contributed by atoms with Crippen LogP contribution in [-0.2, 0) is 16.1 Å². The van der Waals surface area contributed by atoms with Gasteiger partial charge in [-0.1, -0.05) is 12.1 Å². The van der Waals surface area contributed by atoms with Crippen LogP contribution in [0.15, 0.2) is 35.7 Å². The molecule has 126 valence electrons. The summed E-state index contributed by atoms with van der Waals surface area (Å²) in [6.45, 7) is 2.26. The summed E-state index contributed by atoms with van der Waals surface area (Å²) in [7, 11) is 1.74. The van der Waals surface area contributed by atoms with Crippen LogP contribution < -0.4 is 10.5 Å². The lowest BCUT2D eigenvalue weighted by molar-refractivity contribution is -0.125. The summed E-state index contributed by atoms with van der Waals surface area (Å²) in [6.07, 6.45) is 3.24. The van der Waals surface area contributed by atoms with E-state index in [1.54, 1.807) is 53.6 Å². The third kappa shape index (κ3) is 5.51. The second kappa shape index (κ2) is 8.26. The van der Waals surface area contributed by atoms with Crippen LogP contribution in [0.1, 0.15) is 16.3 Å². The fourth-order valence-electron chi connectivity index (χ4n) is 1.93. The largest absolute Gasteiger partial charge is 0.484 e. The van der Waals surface area contributed by atoms with Crippen molar-refractivity contribution in [3.05, 3.63) is 52.0 Å². The number of carbonyl (C=O) groups is 2. The van der Waals surface area contributed by atoms with E-state index in [0.717, 1.165) is 16.3 Å². The van der Waals surface area contributed by atoms with E-state index in [-0.39, 0.29) is 12.5 Å². The van der Waals surface area contributed by atoms with Gasteiger partial charge in [0.25, 0.3) is 5.91 Å². The van der Waals surface area contributed by atoms with Crippen molar-refractivity contribution in [3.63, 3.8) is 0 Å². The molecule has 2 amide bonds. The van der Waals surface area contributed by atoms with Crippen molar-refractivity contribution in [1.82, 2.24) is 9.88 Å². The molecular formula is C17H19N3O3S. The molecule has 1 aromatic heterocycles. The Balaban J connectivity index is 1.89. The van der Waals surface area contributed by atoms with Gasteiger partial charge < -0.3 is 15.4 Å². The molecule has 6 nitrogen and oxygen atoms in total. The molecule has 2 aromatic rings. The summed E-state index contributed by atoms with van der Waals surface area (Å²) in [4.78, 5) is 28.7. The Kier molecular flexibility index (Phi) is 6.08. The van der Waals surface area contributed by atoms with Crippen LogP contribution in [0.2, 0.25) is 0 Å². The van der Waals surface area contributed by atoms with Gasteiger partial charge in [-0.2, -0.15) is 0 Å². The fraction of sp³-hybridized carbons (Fsp3) is 0.235. The molecule has 7 heteroatoms. The lowest BCUT2D eigenvalue weighted by Gasteiger charge is -2.13. The molecule has 0 radical (unpaired) electrons. The zero-order valence-electron chi connectivity index (χ0n) is 13.6. The van der Waals surface area contributed by atoms with Gasteiger partial charge >= 0.3 is 0 Å². The minimum atomic E-state index is -0.525. The number of hydrogen-bond donors (Lipinski definition) is 1. The molecule has 0 aliphatic heterocycles.